The number of hydrogen-bond acceptors (Lipinski definition) is 3. The molecule has 0 unspecified atom stereocenters. The molecule has 6 heteroatoms. The van der Waals surface area contributed by atoms with Crippen LogP contribution in [0.1, 0.15) is 6.92 Å². The Morgan fingerprint density at radius 2 is 2.00 bits per heavy atom. The zero-order chi connectivity index (χ0) is 14.7. The van der Waals surface area contributed by atoms with Crippen LogP contribution in [0.3, 0.4) is 0 Å². The standard InChI is InChI=1S/C14H12BrFN2O2/c1-8(19)18-12-4-2-3-5-13(12)20-14-6-9(15)10(16)7-11(14)17/h2-7H,17H2,1H3,(H,18,19). The van der Waals surface area contributed by atoms with Gasteiger partial charge in [0.05, 0.1) is 15.8 Å². The second-order valence-corrected chi connectivity index (χ2v) is 4.94. The van der Waals surface area contributed by atoms with Crippen molar-refractivity contribution in [2.24, 2.45) is 0 Å². The number of carbonyl (C=O) groups is 1. The fourth-order valence-electron chi connectivity index (χ4n) is 1.60. The second kappa shape index (κ2) is 5.92. The number of rotatable bonds is 3. The van der Waals surface area contributed by atoms with Crippen molar-refractivity contribution >= 4 is 33.2 Å². The Labute approximate surface area is 123 Å². The molecule has 4 nitrogen and oxygen atoms in total. The molecule has 3 N–H and O–H groups in total. The lowest BCUT2D eigenvalue weighted by molar-refractivity contribution is -0.114. The first-order valence-electron chi connectivity index (χ1n) is 5.76. The van der Waals surface area contributed by atoms with Crippen LogP contribution in [0.25, 0.3) is 0 Å². The van der Waals surface area contributed by atoms with Gasteiger partial charge in [-0.05, 0) is 28.1 Å². The summed E-state index contributed by atoms with van der Waals surface area (Å²) in [4.78, 5) is 11.1. The summed E-state index contributed by atoms with van der Waals surface area (Å²) in [5, 5.41) is 2.65. The number of para-hydroxylation sites is 2. The van der Waals surface area contributed by atoms with Gasteiger partial charge in [-0.2, -0.15) is 0 Å². The van der Waals surface area contributed by atoms with E-state index in [0.29, 0.717) is 17.2 Å². The normalized spacial score (nSPS) is 10.2. The third-order valence-corrected chi connectivity index (χ3v) is 3.08. The first-order chi connectivity index (χ1) is 9.47. The van der Waals surface area contributed by atoms with Crippen molar-refractivity contribution < 1.29 is 13.9 Å². The number of benzene rings is 2. The predicted octanol–water partition coefficient (Wildman–Crippen LogP) is 3.92. The minimum atomic E-state index is -0.468. The number of nitrogen functional groups attached to an aromatic ring is 1. The number of anilines is 2. The van der Waals surface area contributed by atoms with Gasteiger partial charge in [0.2, 0.25) is 5.91 Å². The highest BCUT2D eigenvalue weighted by Gasteiger charge is 2.11. The van der Waals surface area contributed by atoms with Crippen LogP contribution in [0.5, 0.6) is 11.5 Å². The maximum absolute atomic E-state index is 13.3. The molecule has 0 saturated carbocycles. The Hall–Kier alpha value is -2.08. The van der Waals surface area contributed by atoms with Crippen LogP contribution < -0.4 is 15.8 Å². The van der Waals surface area contributed by atoms with Crippen LogP contribution in [0.2, 0.25) is 0 Å². The highest BCUT2D eigenvalue weighted by Crippen LogP contribution is 2.35. The average Bonchev–Trinajstić information content (AvgIpc) is 2.37. The largest absolute Gasteiger partial charge is 0.453 e. The smallest absolute Gasteiger partial charge is 0.221 e. The maximum Gasteiger partial charge on any atom is 0.221 e. The highest BCUT2D eigenvalue weighted by molar-refractivity contribution is 9.10. The summed E-state index contributed by atoms with van der Waals surface area (Å²) < 4.78 is 19.2. The monoisotopic (exact) mass is 338 g/mol. The Morgan fingerprint density at radius 3 is 2.70 bits per heavy atom. The molecule has 0 aliphatic rings. The van der Waals surface area contributed by atoms with Crippen molar-refractivity contribution in [2.45, 2.75) is 6.92 Å². The van der Waals surface area contributed by atoms with Gasteiger partial charge < -0.3 is 15.8 Å². The van der Waals surface area contributed by atoms with Crippen molar-refractivity contribution in [2.75, 3.05) is 11.1 Å². The summed E-state index contributed by atoms with van der Waals surface area (Å²) in [5.41, 5.74) is 6.40. The first-order valence-corrected chi connectivity index (χ1v) is 6.55. The van der Waals surface area contributed by atoms with E-state index in [2.05, 4.69) is 21.2 Å². The van der Waals surface area contributed by atoms with Crippen LogP contribution >= 0.6 is 15.9 Å². The fraction of sp³-hybridized carbons (Fsp3) is 0.0714. The number of halogens is 2. The van der Waals surface area contributed by atoms with E-state index in [-0.39, 0.29) is 16.1 Å². The first kappa shape index (κ1) is 14.3. The molecule has 0 radical (unpaired) electrons. The minimum absolute atomic E-state index is 0.170. The maximum atomic E-state index is 13.3. The van der Waals surface area contributed by atoms with Crippen LogP contribution in [-0.2, 0) is 4.79 Å². The summed E-state index contributed by atoms with van der Waals surface area (Å²) in [7, 11) is 0. The van der Waals surface area contributed by atoms with Crippen molar-refractivity contribution in [1.82, 2.24) is 0 Å². The quantitative estimate of drug-likeness (QED) is 0.833. The molecule has 0 spiro atoms. The topological polar surface area (TPSA) is 64.3 Å². The number of carbonyl (C=O) groups excluding carboxylic acids is 1. The molecule has 0 fully saturated rings. The van der Waals surface area contributed by atoms with Gasteiger partial charge in [-0.1, -0.05) is 12.1 Å². The Balaban J connectivity index is 2.35. The van der Waals surface area contributed by atoms with Gasteiger partial charge in [0.1, 0.15) is 5.82 Å². The van der Waals surface area contributed by atoms with Crippen molar-refractivity contribution in [3.8, 4) is 11.5 Å². The minimum Gasteiger partial charge on any atom is -0.453 e. The molecule has 0 aliphatic heterocycles. The van der Waals surface area contributed by atoms with Crippen molar-refractivity contribution in [1.29, 1.82) is 0 Å². The molecule has 1 amide bonds. The Morgan fingerprint density at radius 1 is 1.30 bits per heavy atom. The van der Waals surface area contributed by atoms with Gasteiger partial charge in [-0.25, -0.2) is 4.39 Å². The Kier molecular flexibility index (Phi) is 4.24. The lowest BCUT2D eigenvalue weighted by Gasteiger charge is -2.13. The van der Waals surface area contributed by atoms with E-state index in [1.807, 2.05) is 0 Å². The molecular formula is C14H12BrFN2O2. The molecule has 20 heavy (non-hydrogen) atoms. The zero-order valence-corrected chi connectivity index (χ0v) is 12.2. The van der Waals surface area contributed by atoms with Crippen molar-refractivity contribution in [3.63, 3.8) is 0 Å². The van der Waals surface area contributed by atoms with E-state index >= 15 is 0 Å². The van der Waals surface area contributed by atoms with E-state index in [1.165, 1.54) is 19.1 Å². The molecule has 0 heterocycles. The summed E-state index contributed by atoms with van der Waals surface area (Å²) in [5.74, 6) is 0.0447. The third kappa shape index (κ3) is 3.27. The van der Waals surface area contributed by atoms with Gasteiger partial charge in [0.25, 0.3) is 0 Å². The zero-order valence-electron chi connectivity index (χ0n) is 10.6. The number of amides is 1. The molecular weight excluding hydrogens is 327 g/mol. The second-order valence-electron chi connectivity index (χ2n) is 4.08. The molecule has 2 aromatic carbocycles. The van der Waals surface area contributed by atoms with E-state index < -0.39 is 5.82 Å². The van der Waals surface area contributed by atoms with Crippen LogP contribution in [0, 0.1) is 5.82 Å². The number of nitrogens with two attached hydrogens (primary N) is 1. The van der Waals surface area contributed by atoms with Gasteiger partial charge in [-0.15, -0.1) is 0 Å². The lowest BCUT2D eigenvalue weighted by Crippen LogP contribution is -2.07. The molecule has 2 rings (SSSR count). The lowest BCUT2D eigenvalue weighted by atomic mass is 10.2. The SMILES string of the molecule is CC(=O)Nc1ccccc1Oc1cc(Br)c(F)cc1N. The van der Waals surface area contributed by atoms with E-state index in [9.17, 15) is 9.18 Å². The van der Waals surface area contributed by atoms with Gasteiger partial charge in [0, 0.05) is 19.1 Å². The number of hydrogen-bond donors (Lipinski definition) is 2. The summed E-state index contributed by atoms with van der Waals surface area (Å²) in [6.45, 7) is 1.40. The van der Waals surface area contributed by atoms with Crippen LogP contribution in [0.15, 0.2) is 40.9 Å². The molecule has 0 atom stereocenters. The summed E-state index contributed by atoms with van der Waals surface area (Å²) in [6.07, 6.45) is 0. The fourth-order valence-corrected chi connectivity index (χ4v) is 1.92. The number of nitrogens with one attached hydrogen (secondary N) is 1. The van der Waals surface area contributed by atoms with E-state index in [4.69, 9.17) is 10.5 Å². The van der Waals surface area contributed by atoms with Crippen molar-refractivity contribution in [3.05, 3.63) is 46.7 Å². The predicted molar refractivity (Wildman–Crippen MR) is 79.3 cm³/mol. The van der Waals surface area contributed by atoms with Crippen LogP contribution in [0.4, 0.5) is 15.8 Å². The van der Waals surface area contributed by atoms with E-state index in [0.717, 1.165) is 0 Å². The van der Waals surface area contributed by atoms with E-state index in [1.54, 1.807) is 24.3 Å². The van der Waals surface area contributed by atoms with Crippen LogP contribution in [-0.4, -0.2) is 5.91 Å². The van der Waals surface area contributed by atoms with Gasteiger partial charge >= 0.3 is 0 Å². The number of ether oxygens (including phenoxy) is 1. The summed E-state index contributed by atoms with van der Waals surface area (Å²) in [6, 6.07) is 9.51. The Bertz CT molecular complexity index is 662. The molecule has 104 valence electrons. The summed E-state index contributed by atoms with van der Waals surface area (Å²) >= 11 is 3.07. The highest BCUT2D eigenvalue weighted by atomic mass is 79.9. The molecule has 0 aliphatic carbocycles. The molecule has 2 aromatic rings. The molecule has 0 saturated heterocycles. The molecule has 0 aromatic heterocycles. The molecule has 0 bridgehead atoms. The van der Waals surface area contributed by atoms with Gasteiger partial charge in [-0.3, -0.25) is 4.79 Å². The average molecular weight is 339 g/mol. The van der Waals surface area contributed by atoms with Gasteiger partial charge in [0.15, 0.2) is 11.5 Å². The third-order valence-electron chi connectivity index (χ3n) is 2.47.